The normalized spacial score (nSPS) is 11.9. The quantitative estimate of drug-likeness (QED) is 0.736. The van der Waals surface area contributed by atoms with Crippen LogP contribution in [0.3, 0.4) is 0 Å². The van der Waals surface area contributed by atoms with E-state index in [1.165, 1.54) is 0 Å². The molecular formula is C13H18N2O2. The van der Waals surface area contributed by atoms with E-state index in [1.807, 2.05) is 24.3 Å². The van der Waals surface area contributed by atoms with Crippen molar-refractivity contribution in [2.24, 2.45) is 5.73 Å². The summed E-state index contributed by atoms with van der Waals surface area (Å²) in [4.78, 5) is 11.7. The van der Waals surface area contributed by atoms with Crippen molar-refractivity contribution in [1.82, 2.24) is 0 Å². The molecule has 92 valence electrons. The molecule has 3 N–H and O–H groups in total. The fourth-order valence-electron chi connectivity index (χ4n) is 1.43. The molecule has 0 spiro atoms. The molecule has 0 aliphatic heterocycles. The molecule has 0 aliphatic rings. The molecular weight excluding hydrogens is 216 g/mol. The predicted octanol–water partition coefficient (Wildman–Crippen LogP) is 1.67. The van der Waals surface area contributed by atoms with E-state index in [9.17, 15) is 4.79 Å². The van der Waals surface area contributed by atoms with Crippen molar-refractivity contribution in [3.8, 4) is 0 Å². The minimum absolute atomic E-state index is 0.209. The van der Waals surface area contributed by atoms with Crippen LogP contribution in [0, 0.1) is 0 Å². The van der Waals surface area contributed by atoms with E-state index < -0.39 is 6.04 Å². The number of carbonyl (C=O) groups is 1. The van der Waals surface area contributed by atoms with Gasteiger partial charge in [0.25, 0.3) is 0 Å². The summed E-state index contributed by atoms with van der Waals surface area (Å²) in [5.41, 5.74) is 7.39. The Morgan fingerprint density at radius 3 is 3.06 bits per heavy atom. The zero-order chi connectivity index (χ0) is 12.7. The standard InChI is InChI=1S/C13H18N2O2/c1-3-5-12(14)13(16)15-11-7-4-6-10(8-11)9-17-2/h3-4,6-8,12H,1,5,9,14H2,2H3,(H,15,16). The van der Waals surface area contributed by atoms with Gasteiger partial charge < -0.3 is 15.8 Å². The molecule has 1 unspecified atom stereocenters. The molecule has 0 radical (unpaired) electrons. The molecule has 0 saturated heterocycles. The highest BCUT2D eigenvalue weighted by Gasteiger charge is 2.11. The van der Waals surface area contributed by atoms with E-state index in [4.69, 9.17) is 10.5 Å². The van der Waals surface area contributed by atoms with Crippen LogP contribution in [0.15, 0.2) is 36.9 Å². The van der Waals surface area contributed by atoms with Gasteiger partial charge in [0, 0.05) is 12.8 Å². The van der Waals surface area contributed by atoms with Crippen molar-refractivity contribution in [1.29, 1.82) is 0 Å². The maximum absolute atomic E-state index is 11.7. The van der Waals surface area contributed by atoms with Crippen molar-refractivity contribution >= 4 is 11.6 Å². The predicted molar refractivity (Wildman–Crippen MR) is 68.6 cm³/mol. The van der Waals surface area contributed by atoms with Crippen LogP contribution in [-0.2, 0) is 16.1 Å². The van der Waals surface area contributed by atoms with Crippen molar-refractivity contribution < 1.29 is 9.53 Å². The van der Waals surface area contributed by atoms with Gasteiger partial charge >= 0.3 is 0 Å². The average Bonchev–Trinajstić information content (AvgIpc) is 2.30. The smallest absolute Gasteiger partial charge is 0.241 e. The van der Waals surface area contributed by atoms with Gasteiger partial charge in [-0.05, 0) is 24.1 Å². The molecule has 4 heteroatoms. The fraction of sp³-hybridized carbons (Fsp3) is 0.308. The Labute approximate surface area is 101 Å². The van der Waals surface area contributed by atoms with E-state index in [1.54, 1.807) is 13.2 Å². The number of rotatable bonds is 6. The van der Waals surface area contributed by atoms with Crippen molar-refractivity contribution in [3.63, 3.8) is 0 Å². The first-order valence-electron chi connectivity index (χ1n) is 5.42. The molecule has 1 amide bonds. The highest BCUT2D eigenvalue weighted by Crippen LogP contribution is 2.11. The first-order chi connectivity index (χ1) is 8.17. The molecule has 0 bridgehead atoms. The lowest BCUT2D eigenvalue weighted by molar-refractivity contribution is -0.117. The second-order valence-electron chi connectivity index (χ2n) is 3.75. The third-order valence-electron chi connectivity index (χ3n) is 2.26. The third kappa shape index (κ3) is 4.38. The minimum atomic E-state index is -0.557. The summed E-state index contributed by atoms with van der Waals surface area (Å²) in [6, 6.07) is 6.92. The lowest BCUT2D eigenvalue weighted by Crippen LogP contribution is -2.35. The topological polar surface area (TPSA) is 64.4 Å². The van der Waals surface area contributed by atoms with Gasteiger partial charge in [-0.1, -0.05) is 18.2 Å². The van der Waals surface area contributed by atoms with Gasteiger partial charge in [0.05, 0.1) is 12.6 Å². The summed E-state index contributed by atoms with van der Waals surface area (Å²) in [6.07, 6.45) is 2.09. The lowest BCUT2D eigenvalue weighted by atomic mass is 10.2. The van der Waals surface area contributed by atoms with E-state index in [0.29, 0.717) is 13.0 Å². The second kappa shape index (κ2) is 6.83. The van der Waals surface area contributed by atoms with Crippen LogP contribution < -0.4 is 11.1 Å². The summed E-state index contributed by atoms with van der Waals surface area (Å²) < 4.78 is 5.02. The van der Waals surface area contributed by atoms with E-state index in [-0.39, 0.29) is 5.91 Å². The van der Waals surface area contributed by atoms with E-state index >= 15 is 0 Å². The maximum Gasteiger partial charge on any atom is 0.241 e. The van der Waals surface area contributed by atoms with E-state index in [0.717, 1.165) is 11.3 Å². The summed E-state index contributed by atoms with van der Waals surface area (Å²) in [6.45, 7) is 4.07. The number of hydrogen-bond acceptors (Lipinski definition) is 3. The number of nitrogens with one attached hydrogen (secondary N) is 1. The van der Waals surface area contributed by atoms with Crippen LogP contribution in [0.5, 0.6) is 0 Å². The van der Waals surface area contributed by atoms with Crippen LogP contribution in [0.1, 0.15) is 12.0 Å². The Morgan fingerprint density at radius 2 is 2.41 bits per heavy atom. The molecule has 1 atom stereocenters. The molecule has 0 saturated carbocycles. The summed E-state index contributed by atoms with van der Waals surface area (Å²) >= 11 is 0. The Hall–Kier alpha value is -1.65. The third-order valence-corrected chi connectivity index (χ3v) is 2.26. The van der Waals surface area contributed by atoms with Gasteiger partial charge in [-0.15, -0.1) is 6.58 Å². The first kappa shape index (κ1) is 13.4. The molecule has 4 nitrogen and oxygen atoms in total. The van der Waals surface area contributed by atoms with Gasteiger partial charge in [0.15, 0.2) is 0 Å². The first-order valence-corrected chi connectivity index (χ1v) is 5.42. The zero-order valence-electron chi connectivity index (χ0n) is 9.98. The summed E-state index contributed by atoms with van der Waals surface area (Å²) in [5, 5.41) is 2.76. The maximum atomic E-state index is 11.7. The number of benzene rings is 1. The number of carbonyl (C=O) groups excluding carboxylic acids is 1. The number of nitrogens with two attached hydrogens (primary N) is 1. The SMILES string of the molecule is C=CCC(N)C(=O)Nc1cccc(COC)c1. The Kier molecular flexibility index (Phi) is 5.39. The number of hydrogen-bond donors (Lipinski definition) is 2. The fourth-order valence-corrected chi connectivity index (χ4v) is 1.43. The molecule has 0 aliphatic carbocycles. The van der Waals surface area contributed by atoms with Crippen LogP contribution in [-0.4, -0.2) is 19.1 Å². The Morgan fingerprint density at radius 1 is 1.65 bits per heavy atom. The van der Waals surface area contributed by atoms with Crippen LogP contribution >= 0.6 is 0 Å². The van der Waals surface area contributed by atoms with Crippen LogP contribution in [0.25, 0.3) is 0 Å². The van der Waals surface area contributed by atoms with Gasteiger partial charge in [-0.2, -0.15) is 0 Å². The number of anilines is 1. The van der Waals surface area contributed by atoms with Crippen LogP contribution in [0.2, 0.25) is 0 Å². The van der Waals surface area contributed by atoms with Crippen molar-refractivity contribution in [2.45, 2.75) is 19.1 Å². The molecule has 0 heterocycles. The zero-order valence-corrected chi connectivity index (χ0v) is 9.98. The molecule has 1 aromatic carbocycles. The van der Waals surface area contributed by atoms with Gasteiger partial charge in [0.2, 0.25) is 5.91 Å². The second-order valence-corrected chi connectivity index (χ2v) is 3.75. The van der Waals surface area contributed by atoms with Gasteiger partial charge in [-0.3, -0.25) is 4.79 Å². The highest BCUT2D eigenvalue weighted by molar-refractivity contribution is 5.94. The Bertz CT molecular complexity index is 391. The largest absolute Gasteiger partial charge is 0.380 e. The molecule has 0 fully saturated rings. The monoisotopic (exact) mass is 234 g/mol. The minimum Gasteiger partial charge on any atom is -0.380 e. The number of ether oxygens (including phenoxy) is 1. The Balaban J connectivity index is 2.64. The average molecular weight is 234 g/mol. The summed E-state index contributed by atoms with van der Waals surface area (Å²) in [5.74, 6) is -0.209. The molecule has 0 aromatic heterocycles. The van der Waals surface area contributed by atoms with E-state index in [2.05, 4.69) is 11.9 Å². The molecule has 1 rings (SSSR count). The highest BCUT2D eigenvalue weighted by atomic mass is 16.5. The number of amides is 1. The molecule has 17 heavy (non-hydrogen) atoms. The van der Waals surface area contributed by atoms with Crippen molar-refractivity contribution in [2.75, 3.05) is 12.4 Å². The summed E-state index contributed by atoms with van der Waals surface area (Å²) in [7, 11) is 1.63. The number of methoxy groups -OCH3 is 1. The van der Waals surface area contributed by atoms with Gasteiger partial charge in [0.1, 0.15) is 0 Å². The van der Waals surface area contributed by atoms with Gasteiger partial charge in [-0.25, -0.2) is 0 Å². The lowest BCUT2D eigenvalue weighted by Gasteiger charge is -2.11. The van der Waals surface area contributed by atoms with Crippen molar-refractivity contribution in [3.05, 3.63) is 42.5 Å². The molecule has 1 aromatic rings. The van der Waals surface area contributed by atoms with Crippen LogP contribution in [0.4, 0.5) is 5.69 Å².